The highest BCUT2D eigenvalue weighted by Gasteiger charge is 2.46. The number of anilines is 1. The summed E-state index contributed by atoms with van der Waals surface area (Å²) in [5.41, 5.74) is 2.85. The van der Waals surface area contributed by atoms with Gasteiger partial charge in [-0.15, -0.1) is 0 Å². The molecule has 1 aromatic rings. The van der Waals surface area contributed by atoms with Crippen LogP contribution in [0.15, 0.2) is 18.2 Å². The molecule has 2 heterocycles. The van der Waals surface area contributed by atoms with Gasteiger partial charge in [-0.05, 0) is 37.1 Å². The Balaban J connectivity index is 1.58. The summed E-state index contributed by atoms with van der Waals surface area (Å²) >= 11 is 0. The topological polar surface area (TPSA) is 181 Å². The quantitative estimate of drug-likeness (QED) is 0.202. The van der Waals surface area contributed by atoms with Crippen molar-refractivity contribution in [1.82, 2.24) is 0 Å². The van der Waals surface area contributed by atoms with Crippen molar-refractivity contribution in [2.45, 2.75) is 68.9 Å². The molecule has 0 radical (unpaired) electrons. The summed E-state index contributed by atoms with van der Waals surface area (Å²) in [5, 5.41) is 73.2. The first-order chi connectivity index (χ1) is 15.7. The van der Waals surface area contributed by atoms with Crippen LogP contribution in [0.3, 0.4) is 0 Å². The van der Waals surface area contributed by atoms with Crippen LogP contribution in [0.25, 0.3) is 0 Å². The number of benzene rings is 1. The van der Waals surface area contributed by atoms with Gasteiger partial charge in [-0.2, -0.15) is 0 Å². The molecule has 0 amide bonds. The van der Waals surface area contributed by atoms with Crippen LogP contribution in [-0.2, 0) is 14.2 Å². The lowest BCUT2D eigenvalue weighted by atomic mass is 9.89. The molecule has 10 unspecified atom stereocenters. The van der Waals surface area contributed by atoms with Crippen molar-refractivity contribution in [3.05, 3.63) is 29.3 Å². The molecule has 33 heavy (non-hydrogen) atoms. The number of rotatable bonds is 8. The lowest BCUT2D eigenvalue weighted by molar-refractivity contribution is -0.245. The Kier molecular flexibility index (Phi) is 9.03. The second kappa shape index (κ2) is 11.4. The van der Waals surface area contributed by atoms with E-state index in [9.17, 15) is 35.7 Å². The summed E-state index contributed by atoms with van der Waals surface area (Å²) < 4.78 is 16.7. The van der Waals surface area contributed by atoms with Crippen molar-refractivity contribution in [1.29, 1.82) is 0 Å². The molecule has 3 rings (SSSR count). The van der Waals surface area contributed by atoms with Gasteiger partial charge in [-0.1, -0.05) is 6.07 Å². The molecule has 2 fully saturated rings. The summed E-state index contributed by atoms with van der Waals surface area (Å²) in [7, 11) is 0. The Morgan fingerprint density at radius 3 is 2.06 bits per heavy atom. The molecule has 11 heteroatoms. The van der Waals surface area contributed by atoms with E-state index in [4.69, 9.17) is 14.2 Å². The second-order valence-electron chi connectivity index (χ2n) is 8.77. The van der Waals surface area contributed by atoms with Crippen molar-refractivity contribution in [2.24, 2.45) is 5.92 Å². The fraction of sp³-hybridized carbons (Fsp3) is 0.727. The van der Waals surface area contributed by atoms with Gasteiger partial charge >= 0.3 is 0 Å². The van der Waals surface area contributed by atoms with Gasteiger partial charge in [-0.3, -0.25) is 0 Å². The first-order valence-corrected chi connectivity index (χ1v) is 11.0. The summed E-state index contributed by atoms with van der Waals surface area (Å²) in [6.45, 7) is 2.59. The van der Waals surface area contributed by atoms with Gasteiger partial charge in [0, 0.05) is 11.6 Å². The third-order valence-corrected chi connectivity index (χ3v) is 6.48. The Bertz CT molecular complexity index is 763. The minimum absolute atomic E-state index is 0.144. The van der Waals surface area contributed by atoms with E-state index in [-0.39, 0.29) is 13.2 Å². The second-order valence-corrected chi connectivity index (χ2v) is 8.77. The maximum absolute atomic E-state index is 10.7. The van der Waals surface area contributed by atoms with E-state index in [2.05, 4.69) is 5.32 Å². The standard InChI is InChI=1S/C22H35NO10/c1-10-3-4-12(5-11(10)2)23-22-21(30)17(26)13(14(6-24)33-22)8-31-9-16-19(28)20(29)18(27)15(7-25)32-16/h3-5,13-30H,6-9H2,1-2H3. The summed E-state index contributed by atoms with van der Waals surface area (Å²) in [4.78, 5) is 0. The zero-order valence-corrected chi connectivity index (χ0v) is 18.7. The molecule has 1 aromatic carbocycles. The predicted octanol–water partition coefficient (Wildman–Crippen LogP) is -2.37. The third kappa shape index (κ3) is 5.82. The molecule has 2 saturated heterocycles. The molecule has 2 aliphatic heterocycles. The van der Waals surface area contributed by atoms with Crippen molar-refractivity contribution in [3.8, 4) is 0 Å². The first kappa shape index (κ1) is 26.2. The smallest absolute Gasteiger partial charge is 0.157 e. The lowest BCUT2D eigenvalue weighted by Crippen LogP contribution is -2.60. The van der Waals surface area contributed by atoms with Gasteiger partial charge in [-0.25, -0.2) is 0 Å². The lowest BCUT2D eigenvalue weighted by Gasteiger charge is -2.43. The molecule has 0 saturated carbocycles. The number of hydrogen-bond acceptors (Lipinski definition) is 11. The SMILES string of the molecule is Cc1ccc(NC2OC(CO)C(COCC3OC(CO)C(O)C(O)C3O)C(O)C2O)cc1C. The molecular formula is C22H35NO10. The van der Waals surface area contributed by atoms with Crippen LogP contribution in [0, 0.1) is 19.8 Å². The number of aryl methyl sites for hydroxylation is 2. The van der Waals surface area contributed by atoms with E-state index in [1.54, 1.807) is 0 Å². The highest BCUT2D eigenvalue weighted by Crippen LogP contribution is 2.29. The molecule has 8 N–H and O–H groups in total. The zero-order valence-electron chi connectivity index (χ0n) is 18.7. The van der Waals surface area contributed by atoms with Crippen molar-refractivity contribution >= 4 is 5.69 Å². The maximum atomic E-state index is 10.7. The van der Waals surface area contributed by atoms with E-state index in [0.717, 1.165) is 11.1 Å². The molecular weight excluding hydrogens is 438 g/mol. The van der Waals surface area contributed by atoms with Crippen LogP contribution >= 0.6 is 0 Å². The minimum atomic E-state index is -1.52. The van der Waals surface area contributed by atoms with E-state index < -0.39 is 74.2 Å². The monoisotopic (exact) mass is 473 g/mol. The highest BCUT2D eigenvalue weighted by molar-refractivity contribution is 5.48. The molecule has 0 aromatic heterocycles. The van der Waals surface area contributed by atoms with Gasteiger partial charge < -0.3 is 55.3 Å². The number of nitrogens with one attached hydrogen (secondary N) is 1. The maximum Gasteiger partial charge on any atom is 0.157 e. The first-order valence-electron chi connectivity index (χ1n) is 11.0. The Hall–Kier alpha value is -1.38. The minimum Gasteiger partial charge on any atom is -0.394 e. The number of hydrogen-bond donors (Lipinski definition) is 8. The predicted molar refractivity (Wildman–Crippen MR) is 115 cm³/mol. The molecule has 0 aliphatic carbocycles. The summed E-state index contributed by atoms with van der Waals surface area (Å²) in [5.74, 6) is -0.785. The summed E-state index contributed by atoms with van der Waals surface area (Å²) in [6.07, 6.45) is -10.9. The van der Waals surface area contributed by atoms with Crippen molar-refractivity contribution < 1.29 is 50.0 Å². The van der Waals surface area contributed by atoms with Gasteiger partial charge in [0.1, 0.15) is 36.6 Å². The molecule has 0 bridgehead atoms. The Labute approximate surface area is 192 Å². The van der Waals surface area contributed by atoms with Gasteiger partial charge in [0.25, 0.3) is 0 Å². The average molecular weight is 474 g/mol. The van der Waals surface area contributed by atoms with Crippen LogP contribution in [0.4, 0.5) is 5.69 Å². The van der Waals surface area contributed by atoms with Gasteiger partial charge in [0.05, 0.1) is 38.6 Å². The number of ether oxygens (including phenoxy) is 3. The molecule has 0 spiro atoms. The van der Waals surface area contributed by atoms with Crippen LogP contribution in [0.1, 0.15) is 11.1 Å². The third-order valence-electron chi connectivity index (χ3n) is 6.48. The molecule has 2 aliphatic rings. The van der Waals surface area contributed by atoms with E-state index in [0.29, 0.717) is 5.69 Å². The van der Waals surface area contributed by atoms with E-state index in [1.165, 1.54) is 0 Å². The average Bonchev–Trinajstić information content (AvgIpc) is 2.80. The van der Waals surface area contributed by atoms with Crippen molar-refractivity contribution in [2.75, 3.05) is 31.7 Å². The van der Waals surface area contributed by atoms with E-state index in [1.807, 2.05) is 32.0 Å². The molecule has 10 atom stereocenters. The zero-order chi connectivity index (χ0) is 24.3. The van der Waals surface area contributed by atoms with Gasteiger partial charge in [0.2, 0.25) is 0 Å². The fourth-order valence-electron chi connectivity index (χ4n) is 4.16. The van der Waals surface area contributed by atoms with Crippen LogP contribution < -0.4 is 5.32 Å². The molecule has 188 valence electrons. The molecule has 11 nitrogen and oxygen atoms in total. The van der Waals surface area contributed by atoms with Crippen LogP contribution in [-0.4, -0.2) is 117 Å². The Morgan fingerprint density at radius 1 is 0.758 bits per heavy atom. The summed E-state index contributed by atoms with van der Waals surface area (Å²) in [6, 6.07) is 5.64. The highest BCUT2D eigenvalue weighted by atomic mass is 16.6. The Morgan fingerprint density at radius 2 is 1.42 bits per heavy atom. The number of aliphatic hydroxyl groups excluding tert-OH is 7. The van der Waals surface area contributed by atoms with Gasteiger partial charge in [0.15, 0.2) is 6.23 Å². The van der Waals surface area contributed by atoms with E-state index >= 15 is 0 Å². The van der Waals surface area contributed by atoms with Crippen LogP contribution in [0.5, 0.6) is 0 Å². The van der Waals surface area contributed by atoms with Crippen molar-refractivity contribution in [3.63, 3.8) is 0 Å². The normalized spacial score (nSPS) is 39.4. The number of aliphatic hydroxyl groups is 7. The largest absolute Gasteiger partial charge is 0.394 e. The fourth-order valence-corrected chi connectivity index (χ4v) is 4.16. The van der Waals surface area contributed by atoms with Crippen LogP contribution in [0.2, 0.25) is 0 Å².